The number of carbonyl (C=O) groups excluding carboxylic acids is 3. The molecule has 0 aliphatic carbocycles. The number of carbonyl (C=O) groups is 3. The normalized spacial score (nSPS) is 12.6. The fourth-order valence-electron chi connectivity index (χ4n) is 2.14. The van der Waals surface area contributed by atoms with Gasteiger partial charge in [0.15, 0.2) is 23.9 Å². The lowest BCUT2D eigenvalue weighted by Gasteiger charge is -2.10. The molecule has 0 spiro atoms. The minimum Gasteiger partial charge on any atom is -0.490 e. The van der Waals surface area contributed by atoms with Crippen LogP contribution in [0.25, 0.3) is 0 Å². The number of benzene rings is 1. The monoisotopic (exact) mass is 360 g/mol. The fourth-order valence-corrected chi connectivity index (χ4v) is 2.14. The van der Waals surface area contributed by atoms with E-state index < -0.39 is 24.4 Å². The summed E-state index contributed by atoms with van der Waals surface area (Å²) in [4.78, 5) is 35.3. The van der Waals surface area contributed by atoms with Crippen molar-refractivity contribution in [3.05, 3.63) is 47.9 Å². The van der Waals surface area contributed by atoms with Gasteiger partial charge in [0.1, 0.15) is 0 Å². The van der Waals surface area contributed by atoms with Gasteiger partial charge in [-0.3, -0.25) is 20.4 Å². The van der Waals surface area contributed by atoms with Crippen molar-refractivity contribution in [3.8, 4) is 11.5 Å². The van der Waals surface area contributed by atoms with Crippen LogP contribution in [0.1, 0.15) is 27.3 Å². The molecule has 136 valence electrons. The minimum absolute atomic E-state index is 0.0366. The van der Waals surface area contributed by atoms with E-state index in [9.17, 15) is 14.4 Å². The van der Waals surface area contributed by atoms with Crippen molar-refractivity contribution in [2.24, 2.45) is 0 Å². The molecule has 1 aromatic carbocycles. The third kappa shape index (κ3) is 4.32. The van der Waals surface area contributed by atoms with E-state index >= 15 is 0 Å². The van der Waals surface area contributed by atoms with Crippen LogP contribution in [0.3, 0.4) is 0 Å². The lowest BCUT2D eigenvalue weighted by molar-refractivity contribution is -0.125. The number of amides is 2. The SMILES string of the molecule is O=C(COC(=O)c1ccc2c(c1)OCCCO2)NNC(=O)c1ccco1. The first kappa shape index (κ1) is 17.3. The zero-order valence-electron chi connectivity index (χ0n) is 13.7. The average molecular weight is 360 g/mol. The van der Waals surface area contributed by atoms with Crippen LogP contribution in [-0.2, 0) is 9.53 Å². The van der Waals surface area contributed by atoms with Crippen LogP contribution in [-0.4, -0.2) is 37.6 Å². The molecular formula is C17H16N2O7. The van der Waals surface area contributed by atoms with E-state index in [1.165, 1.54) is 30.5 Å². The van der Waals surface area contributed by atoms with Crippen molar-refractivity contribution in [2.45, 2.75) is 6.42 Å². The maximum atomic E-state index is 12.0. The van der Waals surface area contributed by atoms with E-state index in [4.69, 9.17) is 18.6 Å². The Bertz CT molecular complexity index is 801. The third-order valence-electron chi connectivity index (χ3n) is 3.38. The van der Waals surface area contributed by atoms with Crippen LogP contribution in [0.2, 0.25) is 0 Å². The number of hydrazine groups is 1. The van der Waals surface area contributed by atoms with Gasteiger partial charge in [-0.1, -0.05) is 0 Å². The van der Waals surface area contributed by atoms with Gasteiger partial charge in [0, 0.05) is 6.42 Å². The van der Waals surface area contributed by atoms with Crippen LogP contribution < -0.4 is 20.3 Å². The Kier molecular flexibility index (Phi) is 5.37. The minimum atomic E-state index is -0.701. The summed E-state index contributed by atoms with van der Waals surface area (Å²) in [5.41, 5.74) is 4.48. The molecule has 1 aliphatic heterocycles. The number of esters is 1. The van der Waals surface area contributed by atoms with Crippen molar-refractivity contribution < 1.29 is 33.0 Å². The molecule has 0 bridgehead atoms. The number of nitrogens with one attached hydrogen (secondary N) is 2. The Morgan fingerprint density at radius 3 is 2.62 bits per heavy atom. The van der Waals surface area contributed by atoms with Gasteiger partial charge >= 0.3 is 11.9 Å². The van der Waals surface area contributed by atoms with Crippen molar-refractivity contribution >= 4 is 17.8 Å². The first-order chi connectivity index (χ1) is 12.6. The Balaban J connectivity index is 1.48. The zero-order chi connectivity index (χ0) is 18.4. The molecule has 2 heterocycles. The van der Waals surface area contributed by atoms with Gasteiger partial charge in [0.25, 0.3) is 5.91 Å². The molecule has 0 fully saturated rings. The molecule has 1 aliphatic rings. The quantitative estimate of drug-likeness (QED) is 0.618. The van der Waals surface area contributed by atoms with Crippen molar-refractivity contribution in [2.75, 3.05) is 19.8 Å². The average Bonchev–Trinajstić information content (AvgIpc) is 3.09. The number of fused-ring (bicyclic) bond motifs is 1. The highest BCUT2D eigenvalue weighted by molar-refractivity contribution is 5.94. The Morgan fingerprint density at radius 2 is 1.85 bits per heavy atom. The van der Waals surface area contributed by atoms with Crippen LogP contribution in [0.15, 0.2) is 41.0 Å². The molecule has 0 saturated heterocycles. The Labute approximate surface area is 148 Å². The zero-order valence-corrected chi connectivity index (χ0v) is 13.7. The number of furan rings is 1. The van der Waals surface area contributed by atoms with Crippen molar-refractivity contribution in [3.63, 3.8) is 0 Å². The third-order valence-corrected chi connectivity index (χ3v) is 3.38. The second-order valence-electron chi connectivity index (χ2n) is 5.27. The smallest absolute Gasteiger partial charge is 0.338 e. The van der Waals surface area contributed by atoms with Crippen molar-refractivity contribution in [1.29, 1.82) is 0 Å². The lowest BCUT2D eigenvalue weighted by Crippen LogP contribution is -2.43. The van der Waals surface area contributed by atoms with Gasteiger partial charge in [-0.25, -0.2) is 4.79 Å². The summed E-state index contributed by atoms with van der Waals surface area (Å²) >= 11 is 0. The number of hydrogen-bond acceptors (Lipinski definition) is 7. The molecule has 0 atom stereocenters. The van der Waals surface area contributed by atoms with Crippen LogP contribution in [0, 0.1) is 0 Å². The van der Waals surface area contributed by atoms with Gasteiger partial charge in [0.05, 0.1) is 25.0 Å². The summed E-state index contributed by atoms with van der Waals surface area (Å²) in [7, 11) is 0. The largest absolute Gasteiger partial charge is 0.490 e. The molecule has 0 saturated carbocycles. The highest BCUT2D eigenvalue weighted by atomic mass is 16.5. The van der Waals surface area contributed by atoms with Crippen LogP contribution >= 0.6 is 0 Å². The summed E-state index contributed by atoms with van der Waals surface area (Å²) < 4.78 is 20.8. The molecule has 2 aromatic rings. The predicted octanol–water partition coefficient (Wildman–Crippen LogP) is 1.06. The first-order valence-electron chi connectivity index (χ1n) is 7.83. The summed E-state index contributed by atoms with van der Waals surface area (Å²) in [5.74, 6) is -0.989. The second kappa shape index (κ2) is 8.06. The predicted molar refractivity (Wildman–Crippen MR) is 86.6 cm³/mol. The van der Waals surface area contributed by atoms with Gasteiger partial charge in [-0.15, -0.1) is 0 Å². The van der Waals surface area contributed by atoms with E-state index in [1.54, 1.807) is 6.07 Å². The molecule has 0 unspecified atom stereocenters. The van der Waals surface area contributed by atoms with E-state index in [2.05, 4.69) is 10.9 Å². The van der Waals surface area contributed by atoms with Gasteiger partial charge in [0.2, 0.25) is 0 Å². The number of ether oxygens (including phenoxy) is 3. The maximum absolute atomic E-state index is 12.0. The van der Waals surface area contributed by atoms with Crippen LogP contribution in [0.4, 0.5) is 0 Å². The molecule has 2 N–H and O–H groups in total. The number of rotatable bonds is 4. The van der Waals surface area contributed by atoms with Gasteiger partial charge in [-0.05, 0) is 30.3 Å². The highest BCUT2D eigenvalue weighted by Gasteiger charge is 2.16. The van der Waals surface area contributed by atoms with Gasteiger partial charge < -0.3 is 18.6 Å². The highest BCUT2D eigenvalue weighted by Crippen LogP contribution is 2.30. The topological polar surface area (TPSA) is 116 Å². The fraction of sp³-hybridized carbons (Fsp3) is 0.235. The standard InChI is InChI=1S/C17H16N2O7/c20-15(18-19-16(21)13-3-1-6-24-13)10-26-17(22)11-4-5-12-14(9-11)25-8-2-7-23-12/h1,3-6,9H,2,7-8,10H2,(H,18,20)(H,19,21). The summed E-state index contributed by atoms with van der Waals surface area (Å²) in [5, 5.41) is 0. The summed E-state index contributed by atoms with van der Waals surface area (Å²) in [6.07, 6.45) is 2.08. The molecule has 9 heteroatoms. The molecular weight excluding hydrogens is 344 g/mol. The summed E-state index contributed by atoms with van der Waals surface area (Å²) in [6.45, 7) is 0.468. The van der Waals surface area contributed by atoms with Gasteiger partial charge in [-0.2, -0.15) is 0 Å². The second-order valence-corrected chi connectivity index (χ2v) is 5.27. The molecule has 1 aromatic heterocycles. The molecule has 26 heavy (non-hydrogen) atoms. The van der Waals surface area contributed by atoms with E-state index in [1.807, 2.05) is 0 Å². The number of hydrogen-bond donors (Lipinski definition) is 2. The van der Waals surface area contributed by atoms with Crippen LogP contribution in [0.5, 0.6) is 11.5 Å². The van der Waals surface area contributed by atoms with E-state index in [0.29, 0.717) is 24.7 Å². The Hall–Kier alpha value is -3.49. The lowest BCUT2D eigenvalue weighted by atomic mass is 10.2. The molecule has 2 amide bonds. The summed E-state index contributed by atoms with van der Waals surface area (Å²) in [6, 6.07) is 7.60. The van der Waals surface area contributed by atoms with E-state index in [-0.39, 0.29) is 11.3 Å². The van der Waals surface area contributed by atoms with Crippen molar-refractivity contribution in [1.82, 2.24) is 10.9 Å². The van der Waals surface area contributed by atoms with E-state index in [0.717, 1.165) is 6.42 Å². The molecule has 0 radical (unpaired) electrons. The Morgan fingerprint density at radius 1 is 1.04 bits per heavy atom. The molecule has 9 nitrogen and oxygen atoms in total. The first-order valence-corrected chi connectivity index (χ1v) is 7.83. The molecule has 3 rings (SSSR count). The maximum Gasteiger partial charge on any atom is 0.338 e.